The van der Waals surface area contributed by atoms with Crippen molar-refractivity contribution in [3.05, 3.63) is 52.6 Å². The molecule has 1 unspecified atom stereocenters. The second-order valence-corrected chi connectivity index (χ2v) is 7.60. The van der Waals surface area contributed by atoms with Crippen LogP contribution in [0.15, 0.2) is 35.8 Å². The number of pyridine rings is 1. The predicted octanol–water partition coefficient (Wildman–Crippen LogP) is 3.31. The number of H-pyrrole nitrogens is 1. The summed E-state index contributed by atoms with van der Waals surface area (Å²) in [4.78, 5) is 17.0. The number of Topliss-reactive ketones (excluding diaryl/α,β-unsaturated/α-hetero) is 1. The topological polar surface area (TPSA) is 90.9 Å². The average Bonchev–Trinajstić information content (AvgIpc) is 2.94. The average molecular weight is 354 g/mol. The molecule has 1 aliphatic carbocycles. The van der Waals surface area contributed by atoms with Crippen LogP contribution in [0.4, 0.5) is 5.82 Å². The Balaban J connectivity index is 0.000000613. The Hall–Kier alpha value is -2.47. The van der Waals surface area contributed by atoms with Crippen LogP contribution >= 0.6 is 0 Å². The van der Waals surface area contributed by atoms with E-state index < -0.39 is 0 Å². The highest BCUT2D eigenvalue weighted by atomic mass is 16.2. The lowest BCUT2D eigenvalue weighted by atomic mass is 9.69. The summed E-state index contributed by atoms with van der Waals surface area (Å²) in [7, 11) is 0. The first-order valence-corrected chi connectivity index (χ1v) is 8.97. The molecule has 0 spiro atoms. The molecule has 0 saturated heterocycles. The van der Waals surface area contributed by atoms with Crippen molar-refractivity contribution in [1.82, 2.24) is 15.2 Å². The van der Waals surface area contributed by atoms with Gasteiger partial charge in [0, 0.05) is 53.9 Å². The van der Waals surface area contributed by atoms with Gasteiger partial charge in [-0.15, -0.1) is 0 Å². The second kappa shape index (κ2) is 7.03. The highest BCUT2D eigenvalue weighted by Gasteiger charge is 2.42. The van der Waals surface area contributed by atoms with E-state index in [1.54, 1.807) is 19.3 Å². The van der Waals surface area contributed by atoms with Gasteiger partial charge in [0.2, 0.25) is 0 Å². The van der Waals surface area contributed by atoms with Crippen LogP contribution in [-0.4, -0.2) is 32.7 Å². The van der Waals surface area contributed by atoms with Crippen molar-refractivity contribution in [3.63, 3.8) is 0 Å². The van der Waals surface area contributed by atoms with Crippen LogP contribution in [0.2, 0.25) is 0 Å². The minimum absolute atomic E-state index is 0.0193. The molecule has 6 nitrogen and oxygen atoms in total. The van der Waals surface area contributed by atoms with Crippen molar-refractivity contribution >= 4 is 11.6 Å². The summed E-state index contributed by atoms with van der Waals surface area (Å²) in [6.07, 6.45) is 5.01. The van der Waals surface area contributed by atoms with Gasteiger partial charge in [-0.3, -0.25) is 14.9 Å². The Morgan fingerprint density at radius 2 is 1.92 bits per heavy atom. The zero-order valence-corrected chi connectivity index (χ0v) is 15.8. The summed E-state index contributed by atoms with van der Waals surface area (Å²) in [5, 5.41) is 18.4. The van der Waals surface area contributed by atoms with Gasteiger partial charge in [0.05, 0.1) is 0 Å². The summed E-state index contributed by atoms with van der Waals surface area (Å²) < 4.78 is 0. The van der Waals surface area contributed by atoms with E-state index in [4.69, 9.17) is 5.11 Å². The molecule has 0 amide bonds. The minimum Gasteiger partial charge on any atom is -0.397 e. The van der Waals surface area contributed by atoms with Crippen molar-refractivity contribution in [1.29, 1.82) is 0 Å². The molecule has 4 rings (SSSR count). The number of hydrogen-bond acceptors (Lipinski definition) is 5. The van der Waals surface area contributed by atoms with Gasteiger partial charge in [0.15, 0.2) is 11.6 Å². The van der Waals surface area contributed by atoms with Gasteiger partial charge in [-0.25, -0.2) is 0 Å². The van der Waals surface area contributed by atoms with Crippen LogP contribution in [0, 0.1) is 12.3 Å². The zero-order valence-electron chi connectivity index (χ0n) is 15.8. The molecule has 2 aliphatic rings. The largest absolute Gasteiger partial charge is 0.397 e. The molecule has 0 bridgehead atoms. The molecule has 138 valence electrons. The number of hydrogen-bond donors (Lipinski definition) is 3. The lowest BCUT2D eigenvalue weighted by molar-refractivity contribution is -0.118. The number of aromatic amines is 1. The summed E-state index contributed by atoms with van der Waals surface area (Å²) >= 11 is 0. The van der Waals surface area contributed by atoms with Gasteiger partial charge in [0.1, 0.15) is 0 Å². The number of allylic oxidation sites excluding steroid dienone is 2. The second-order valence-electron chi connectivity index (χ2n) is 7.60. The molecule has 3 heterocycles. The molecule has 3 N–H and O–H groups in total. The van der Waals surface area contributed by atoms with E-state index in [0.717, 1.165) is 40.3 Å². The number of fused-ring (bicyclic) bond motifs is 1. The number of rotatable bonds is 1. The van der Waals surface area contributed by atoms with Gasteiger partial charge in [-0.1, -0.05) is 13.8 Å². The van der Waals surface area contributed by atoms with E-state index >= 15 is 0 Å². The maximum absolute atomic E-state index is 12.9. The fraction of sp³-hybridized carbons (Fsp3) is 0.450. The number of carbonyl (C=O) groups is 1. The summed E-state index contributed by atoms with van der Waals surface area (Å²) in [6.45, 7) is 8.22. The van der Waals surface area contributed by atoms with Crippen LogP contribution in [0.1, 0.15) is 56.4 Å². The number of ketones is 1. The highest BCUT2D eigenvalue weighted by molar-refractivity contribution is 6.01. The number of carbonyl (C=O) groups excluding carboxylic acids is 1. The number of aliphatic hydroxyl groups is 1. The van der Waals surface area contributed by atoms with Crippen molar-refractivity contribution < 1.29 is 9.90 Å². The Morgan fingerprint density at radius 3 is 2.58 bits per heavy atom. The first-order chi connectivity index (χ1) is 12.4. The summed E-state index contributed by atoms with van der Waals surface area (Å²) in [5.74, 6) is 1.01. The number of aryl methyl sites for hydroxylation is 1. The molecule has 0 fully saturated rings. The highest BCUT2D eigenvalue weighted by Crippen LogP contribution is 2.49. The fourth-order valence-corrected chi connectivity index (χ4v) is 3.84. The number of nitrogens with one attached hydrogen (secondary N) is 2. The van der Waals surface area contributed by atoms with E-state index in [-0.39, 0.29) is 23.7 Å². The maximum Gasteiger partial charge on any atom is 0.162 e. The third kappa shape index (κ3) is 3.29. The third-order valence-electron chi connectivity index (χ3n) is 4.80. The van der Waals surface area contributed by atoms with Crippen LogP contribution < -0.4 is 5.32 Å². The van der Waals surface area contributed by atoms with E-state index in [2.05, 4.69) is 34.3 Å². The normalized spacial score (nSPS) is 20.5. The molecule has 2 aromatic rings. The molecule has 0 radical (unpaired) electrons. The smallest absolute Gasteiger partial charge is 0.162 e. The van der Waals surface area contributed by atoms with Crippen LogP contribution in [-0.2, 0) is 4.79 Å². The molecule has 1 atom stereocenters. The maximum atomic E-state index is 12.9. The van der Waals surface area contributed by atoms with Crippen molar-refractivity contribution in [2.45, 2.75) is 46.5 Å². The number of aliphatic hydroxyl groups excluding tert-OH is 1. The fourth-order valence-electron chi connectivity index (χ4n) is 3.84. The zero-order chi connectivity index (χ0) is 18.9. The van der Waals surface area contributed by atoms with Gasteiger partial charge < -0.3 is 10.4 Å². The number of aromatic nitrogens is 3. The first kappa shape index (κ1) is 18.3. The number of anilines is 1. The molecular weight excluding hydrogens is 328 g/mol. The Labute approximate surface area is 153 Å². The third-order valence-corrected chi connectivity index (χ3v) is 4.80. The Bertz CT molecular complexity index is 837. The van der Waals surface area contributed by atoms with E-state index in [9.17, 15) is 4.79 Å². The van der Waals surface area contributed by atoms with Crippen molar-refractivity contribution in [2.24, 2.45) is 5.41 Å². The molecule has 1 aliphatic heterocycles. The lowest BCUT2D eigenvalue weighted by Crippen LogP contribution is -2.33. The molecule has 26 heavy (non-hydrogen) atoms. The summed E-state index contributed by atoms with van der Waals surface area (Å²) in [5.41, 5.74) is 5.06. The molecular formula is C20H26N4O2. The molecule has 6 heteroatoms. The lowest BCUT2D eigenvalue weighted by Gasteiger charge is -2.38. The number of nitrogens with zero attached hydrogens (tertiary/aromatic N) is 2. The van der Waals surface area contributed by atoms with Gasteiger partial charge in [-0.05, 0) is 43.4 Å². The Kier molecular flexibility index (Phi) is 4.96. The van der Waals surface area contributed by atoms with Crippen molar-refractivity contribution in [2.75, 3.05) is 11.9 Å². The monoisotopic (exact) mass is 354 g/mol. The van der Waals surface area contributed by atoms with Crippen LogP contribution in [0.5, 0.6) is 0 Å². The van der Waals surface area contributed by atoms with Gasteiger partial charge in [-0.2, -0.15) is 5.10 Å². The molecule has 2 aromatic heterocycles. The summed E-state index contributed by atoms with van der Waals surface area (Å²) in [6, 6.07) is 3.98. The van der Waals surface area contributed by atoms with Gasteiger partial charge in [0.25, 0.3) is 0 Å². The Morgan fingerprint density at radius 1 is 1.27 bits per heavy atom. The van der Waals surface area contributed by atoms with Crippen LogP contribution in [0.25, 0.3) is 0 Å². The molecule has 0 saturated carbocycles. The van der Waals surface area contributed by atoms with Gasteiger partial charge >= 0.3 is 0 Å². The quantitative estimate of drug-likeness (QED) is 0.731. The molecule has 0 aromatic carbocycles. The first-order valence-electron chi connectivity index (χ1n) is 8.97. The SMILES string of the molecule is CCO.Cc1[nH]nc2c1C(c1ccncc1)C1=C(CC(C)(C)CC1=O)N2. The minimum atomic E-state index is -0.0633. The van der Waals surface area contributed by atoms with Crippen LogP contribution in [0.3, 0.4) is 0 Å². The van der Waals surface area contributed by atoms with Crippen molar-refractivity contribution in [3.8, 4) is 0 Å². The van der Waals surface area contributed by atoms with E-state index in [1.165, 1.54) is 0 Å². The van der Waals surface area contributed by atoms with E-state index in [0.29, 0.717) is 6.42 Å². The standard InChI is InChI=1S/C18H20N4O.C2H6O/c1-10-14-15(11-4-6-19-7-5-11)16-12(20-17(14)22-21-10)8-18(2,3)9-13(16)23;1-2-3/h4-7,15H,8-9H2,1-3H3,(H2,20,21,22);3H,2H2,1H3. The van der Waals surface area contributed by atoms with E-state index in [1.807, 2.05) is 19.1 Å². The predicted molar refractivity (Wildman–Crippen MR) is 101 cm³/mol.